The molecule has 0 spiro atoms. The summed E-state index contributed by atoms with van der Waals surface area (Å²) in [5.41, 5.74) is 5.60. The number of nitrogens with zero attached hydrogens (tertiary/aromatic N) is 1. The Balaban J connectivity index is 3.66. The summed E-state index contributed by atoms with van der Waals surface area (Å²) in [4.78, 5) is 2.45. The van der Waals surface area contributed by atoms with Gasteiger partial charge in [-0.3, -0.25) is 0 Å². The standard InChI is InChI=1S/C12H28N2/c1-10(2)8-12(4)14(5)7-6-11(3)9-13/h10-12H,6-9,13H2,1-5H3. The van der Waals surface area contributed by atoms with Gasteiger partial charge in [0, 0.05) is 6.04 Å². The van der Waals surface area contributed by atoms with Crippen molar-refractivity contribution in [3.05, 3.63) is 0 Å². The summed E-state index contributed by atoms with van der Waals surface area (Å²) in [5, 5.41) is 0. The Labute approximate surface area is 89.9 Å². The van der Waals surface area contributed by atoms with E-state index in [1.165, 1.54) is 19.4 Å². The molecular formula is C12H28N2. The van der Waals surface area contributed by atoms with Crippen LogP contribution in [0.2, 0.25) is 0 Å². The van der Waals surface area contributed by atoms with E-state index in [2.05, 4.69) is 39.6 Å². The van der Waals surface area contributed by atoms with Crippen molar-refractivity contribution in [2.45, 2.75) is 46.6 Å². The average Bonchev–Trinajstić information content (AvgIpc) is 2.12. The fourth-order valence-electron chi connectivity index (χ4n) is 1.62. The zero-order valence-electron chi connectivity index (χ0n) is 10.6. The van der Waals surface area contributed by atoms with Crippen LogP contribution in [0.15, 0.2) is 0 Å². The van der Waals surface area contributed by atoms with Crippen LogP contribution >= 0.6 is 0 Å². The minimum atomic E-state index is 0.656. The lowest BCUT2D eigenvalue weighted by molar-refractivity contribution is 0.216. The maximum atomic E-state index is 5.60. The molecule has 86 valence electrons. The van der Waals surface area contributed by atoms with Crippen LogP contribution in [0.1, 0.15) is 40.5 Å². The van der Waals surface area contributed by atoms with Crippen LogP contribution in [-0.4, -0.2) is 31.1 Å². The molecule has 0 heterocycles. The zero-order chi connectivity index (χ0) is 11.1. The third-order valence-corrected chi connectivity index (χ3v) is 2.94. The predicted molar refractivity (Wildman–Crippen MR) is 64.4 cm³/mol. The van der Waals surface area contributed by atoms with E-state index in [0.29, 0.717) is 12.0 Å². The predicted octanol–water partition coefficient (Wildman–Crippen LogP) is 2.34. The van der Waals surface area contributed by atoms with Gasteiger partial charge in [0.1, 0.15) is 0 Å². The van der Waals surface area contributed by atoms with Gasteiger partial charge < -0.3 is 10.6 Å². The number of hydrogen-bond acceptors (Lipinski definition) is 2. The van der Waals surface area contributed by atoms with Crippen LogP contribution in [0.3, 0.4) is 0 Å². The fraction of sp³-hybridized carbons (Fsp3) is 1.00. The Hall–Kier alpha value is -0.0800. The lowest BCUT2D eigenvalue weighted by Crippen LogP contribution is -2.32. The van der Waals surface area contributed by atoms with E-state index in [-0.39, 0.29) is 0 Å². The van der Waals surface area contributed by atoms with Crippen molar-refractivity contribution in [2.24, 2.45) is 17.6 Å². The summed E-state index contributed by atoms with van der Waals surface area (Å²) < 4.78 is 0. The van der Waals surface area contributed by atoms with Crippen molar-refractivity contribution in [1.29, 1.82) is 0 Å². The minimum Gasteiger partial charge on any atom is -0.330 e. The van der Waals surface area contributed by atoms with Crippen molar-refractivity contribution in [3.8, 4) is 0 Å². The Morgan fingerprint density at radius 1 is 1.14 bits per heavy atom. The Morgan fingerprint density at radius 2 is 1.71 bits per heavy atom. The summed E-state index contributed by atoms with van der Waals surface area (Å²) in [6.07, 6.45) is 2.50. The summed E-state index contributed by atoms with van der Waals surface area (Å²) in [5.74, 6) is 1.45. The van der Waals surface area contributed by atoms with E-state index < -0.39 is 0 Å². The van der Waals surface area contributed by atoms with Crippen molar-refractivity contribution in [1.82, 2.24) is 4.90 Å². The van der Waals surface area contributed by atoms with Crippen molar-refractivity contribution < 1.29 is 0 Å². The minimum absolute atomic E-state index is 0.656. The SMILES string of the molecule is CC(C)CC(C)N(C)CCC(C)CN. The maximum Gasteiger partial charge on any atom is 0.00663 e. The van der Waals surface area contributed by atoms with E-state index in [4.69, 9.17) is 5.73 Å². The molecule has 0 aromatic rings. The highest BCUT2D eigenvalue weighted by Gasteiger charge is 2.11. The molecule has 0 bridgehead atoms. The number of nitrogens with two attached hydrogens (primary N) is 1. The van der Waals surface area contributed by atoms with Crippen LogP contribution in [0, 0.1) is 11.8 Å². The lowest BCUT2D eigenvalue weighted by Gasteiger charge is -2.27. The molecule has 0 fully saturated rings. The fourth-order valence-corrected chi connectivity index (χ4v) is 1.62. The lowest BCUT2D eigenvalue weighted by atomic mass is 10.0. The average molecular weight is 200 g/mol. The van der Waals surface area contributed by atoms with Gasteiger partial charge in [-0.2, -0.15) is 0 Å². The third-order valence-electron chi connectivity index (χ3n) is 2.94. The Kier molecular flexibility index (Phi) is 7.20. The molecular weight excluding hydrogens is 172 g/mol. The van der Waals surface area contributed by atoms with Gasteiger partial charge >= 0.3 is 0 Å². The molecule has 0 aromatic heterocycles. The molecule has 0 aliphatic carbocycles. The molecule has 0 saturated carbocycles. The molecule has 0 radical (unpaired) electrons. The first-order valence-corrected chi connectivity index (χ1v) is 5.87. The largest absolute Gasteiger partial charge is 0.330 e. The first-order chi connectivity index (χ1) is 6.47. The molecule has 2 nitrogen and oxygen atoms in total. The van der Waals surface area contributed by atoms with Crippen molar-refractivity contribution in [3.63, 3.8) is 0 Å². The highest BCUT2D eigenvalue weighted by Crippen LogP contribution is 2.11. The van der Waals surface area contributed by atoms with Crippen LogP contribution in [-0.2, 0) is 0 Å². The van der Waals surface area contributed by atoms with Crippen LogP contribution < -0.4 is 5.73 Å². The molecule has 14 heavy (non-hydrogen) atoms. The molecule has 2 unspecified atom stereocenters. The summed E-state index contributed by atoms with van der Waals surface area (Å²) in [6, 6.07) is 0.694. The van der Waals surface area contributed by atoms with Crippen LogP contribution in [0.25, 0.3) is 0 Å². The molecule has 2 atom stereocenters. The summed E-state index contributed by atoms with van der Waals surface area (Å²) in [7, 11) is 2.22. The number of rotatable bonds is 7. The molecule has 0 rings (SSSR count). The van der Waals surface area contributed by atoms with Gasteiger partial charge in [0.2, 0.25) is 0 Å². The van der Waals surface area contributed by atoms with Crippen molar-refractivity contribution >= 4 is 0 Å². The Bertz CT molecular complexity index is 134. The molecule has 2 heteroatoms. The smallest absolute Gasteiger partial charge is 0.00663 e. The quantitative estimate of drug-likeness (QED) is 0.683. The van der Waals surface area contributed by atoms with Crippen LogP contribution in [0.5, 0.6) is 0 Å². The topological polar surface area (TPSA) is 29.3 Å². The highest BCUT2D eigenvalue weighted by atomic mass is 15.1. The molecule has 0 amide bonds. The van der Waals surface area contributed by atoms with E-state index >= 15 is 0 Å². The molecule has 2 N–H and O–H groups in total. The van der Waals surface area contributed by atoms with E-state index in [1.807, 2.05) is 0 Å². The molecule has 0 aromatic carbocycles. The summed E-state index contributed by atoms with van der Waals surface area (Å²) >= 11 is 0. The first kappa shape index (κ1) is 13.9. The first-order valence-electron chi connectivity index (χ1n) is 5.87. The normalized spacial score (nSPS) is 16.3. The maximum absolute atomic E-state index is 5.60. The third kappa shape index (κ3) is 6.39. The monoisotopic (exact) mass is 200 g/mol. The van der Waals surface area contributed by atoms with Gasteiger partial charge in [-0.15, -0.1) is 0 Å². The van der Waals surface area contributed by atoms with E-state index in [0.717, 1.165) is 12.5 Å². The van der Waals surface area contributed by atoms with Gasteiger partial charge in [0.05, 0.1) is 0 Å². The molecule has 0 aliphatic rings. The van der Waals surface area contributed by atoms with Gasteiger partial charge in [-0.1, -0.05) is 20.8 Å². The highest BCUT2D eigenvalue weighted by molar-refractivity contribution is 4.66. The van der Waals surface area contributed by atoms with Gasteiger partial charge in [0.25, 0.3) is 0 Å². The summed E-state index contributed by atoms with van der Waals surface area (Å²) in [6.45, 7) is 11.1. The zero-order valence-corrected chi connectivity index (χ0v) is 10.6. The van der Waals surface area contributed by atoms with Gasteiger partial charge in [-0.05, 0) is 51.7 Å². The number of hydrogen-bond donors (Lipinski definition) is 1. The molecule has 0 saturated heterocycles. The van der Waals surface area contributed by atoms with Crippen LogP contribution in [0.4, 0.5) is 0 Å². The molecule has 0 aliphatic heterocycles. The van der Waals surface area contributed by atoms with E-state index in [9.17, 15) is 0 Å². The van der Waals surface area contributed by atoms with Crippen molar-refractivity contribution in [2.75, 3.05) is 20.1 Å². The second-order valence-corrected chi connectivity index (χ2v) is 5.09. The second kappa shape index (κ2) is 7.24. The Morgan fingerprint density at radius 3 is 2.14 bits per heavy atom. The van der Waals surface area contributed by atoms with E-state index in [1.54, 1.807) is 0 Å². The van der Waals surface area contributed by atoms with Gasteiger partial charge in [-0.25, -0.2) is 0 Å². The van der Waals surface area contributed by atoms with Gasteiger partial charge in [0.15, 0.2) is 0 Å². The second-order valence-electron chi connectivity index (χ2n) is 5.09.